The quantitative estimate of drug-likeness (QED) is 0.691. The molecule has 142 valence electrons. The molecule has 3 aromatic rings. The predicted octanol–water partition coefficient (Wildman–Crippen LogP) is 4.14. The minimum absolute atomic E-state index is 0.106. The number of alkyl halides is 3. The van der Waals surface area contributed by atoms with Crippen LogP contribution in [-0.4, -0.2) is 21.6 Å². The van der Waals surface area contributed by atoms with Gasteiger partial charge in [0, 0.05) is 12.7 Å². The van der Waals surface area contributed by atoms with Crippen molar-refractivity contribution in [2.45, 2.75) is 19.2 Å². The first-order valence-electron chi connectivity index (χ1n) is 7.92. The Balaban J connectivity index is 1.75. The first-order chi connectivity index (χ1) is 12.6. The number of nitrogens with one attached hydrogen (secondary N) is 1. The van der Waals surface area contributed by atoms with Gasteiger partial charge < -0.3 is 14.6 Å². The summed E-state index contributed by atoms with van der Waals surface area (Å²) >= 11 is 0. The summed E-state index contributed by atoms with van der Waals surface area (Å²) in [6, 6.07) is 9.45. The Morgan fingerprint density at radius 1 is 1.19 bits per heavy atom. The Labute approximate surface area is 151 Å². The number of aryl methyl sites for hydroxylation is 1. The highest BCUT2D eigenvalue weighted by Crippen LogP contribution is 2.31. The predicted molar refractivity (Wildman–Crippen MR) is 90.8 cm³/mol. The van der Waals surface area contributed by atoms with E-state index in [0.29, 0.717) is 5.75 Å². The average molecular weight is 381 g/mol. The van der Waals surface area contributed by atoms with E-state index in [1.807, 2.05) is 0 Å². The molecule has 2 aromatic carbocycles. The summed E-state index contributed by atoms with van der Waals surface area (Å²) in [5.74, 6) is -1.64. The van der Waals surface area contributed by atoms with Crippen LogP contribution in [0.5, 0.6) is 5.75 Å². The van der Waals surface area contributed by atoms with Gasteiger partial charge in [-0.05, 0) is 49.4 Å². The molecular weight excluding hydrogens is 366 g/mol. The number of halogens is 4. The minimum atomic E-state index is -4.57. The SMILES string of the molecule is C[C@H](Oc1ccc(F)cc1)C(=O)Nc1ccc2c(c1)nc(C(F)(F)F)n2C. The van der Waals surface area contributed by atoms with Crippen LogP contribution in [0.25, 0.3) is 11.0 Å². The normalized spacial score (nSPS) is 12.8. The molecule has 0 radical (unpaired) electrons. The van der Waals surface area contributed by atoms with Crippen molar-refractivity contribution in [1.82, 2.24) is 9.55 Å². The Hall–Kier alpha value is -3.10. The van der Waals surface area contributed by atoms with Gasteiger partial charge in [0.15, 0.2) is 6.10 Å². The van der Waals surface area contributed by atoms with Crippen LogP contribution >= 0.6 is 0 Å². The number of amides is 1. The summed E-state index contributed by atoms with van der Waals surface area (Å²) in [6.45, 7) is 1.50. The number of aromatic nitrogens is 2. The highest BCUT2D eigenvalue weighted by molar-refractivity contribution is 5.95. The molecule has 0 saturated heterocycles. The Bertz CT molecular complexity index is 981. The van der Waals surface area contributed by atoms with Crippen LogP contribution in [0.15, 0.2) is 42.5 Å². The number of hydrogen-bond donors (Lipinski definition) is 1. The topological polar surface area (TPSA) is 56.1 Å². The van der Waals surface area contributed by atoms with Gasteiger partial charge >= 0.3 is 6.18 Å². The van der Waals surface area contributed by atoms with E-state index in [9.17, 15) is 22.4 Å². The van der Waals surface area contributed by atoms with Gasteiger partial charge in [-0.1, -0.05) is 0 Å². The zero-order valence-electron chi connectivity index (χ0n) is 14.3. The number of benzene rings is 2. The highest BCUT2D eigenvalue weighted by atomic mass is 19.4. The number of fused-ring (bicyclic) bond motifs is 1. The van der Waals surface area contributed by atoms with E-state index in [1.165, 1.54) is 56.4 Å². The molecule has 0 fully saturated rings. The van der Waals surface area contributed by atoms with Crippen LogP contribution < -0.4 is 10.1 Å². The molecule has 0 bridgehead atoms. The molecule has 0 aliphatic carbocycles. The molecule has 3 rings (SSSR count). The molecule has 0 aliphatic heterocycles. The second-order valence-electron chi connectivity index (χ2n) is 5.90. The van der Waals surface area contributed by atoms with Gasteiger partial charge in [0.05, 0.1) is 11.0 Å². The van der Waals surface area contributed by atoms with Crippen molar-refractivity contribution in [2.75, 3.05) is 5.32 Å². The maximum absolute atomic E-state index is 12.9. The second kappa shape index (κ2) is 6.90. The van der Waals surface area contributed by atoms with Gasteiger partial charge in [-0.15, -0.1) is 0 Å². The number of carbonyl (C=O) groups is 1. The third-order valence-corrected chi connectivity index (χ3v) is 3.90. The van der Waals surface area contributed by atoms with Crippen LogP contribution in [0.2, 0.25) is 0 Å². The summed E-state index contributed by atoms with van der Waals surface area (Å²) in [5, 5.41) is 2.56. The lowest BCUT2D eigenvalue weighted by Gasteiger charge is -2.14. The van der Waals surface area contributed by atoms with Crippen LogP contribution in [0, 0.1) is 5.82 Å². The van der Waals surface area contributed by atoms with E-state index in [-0.39, 0.29) is 16.7 Å². The van der Waals surface area contributed by atoms with E-state index in [0.717, 1.165) is 4.57 Å². The molecule has 1 N–H and O–H groups in total. The fourth-order valence-corrected chi connectivity index (χ4v) is 2.55. The first kappa shape index (κ1) is 18.7. The van der Waals surface area contributed by atoms with E-state index in [2.05, 4.69) is 10.3 Å². The minimum Gasteiger partial charge on any atom is -0.481 e. The maximum atomic E-state index is 12.9. The molecule has 27 heavy (non-hydrogen) atoms. The standard InChI is InChI=1S/C18H15F4N3O2/c1-10(27-13-6-3-11(19)4-7-13)16(26)23-12-5-8-15-14(9-12)24-17(25(15)2)18(20,21)22/h3-10H,1-2H3,(H,23,26)/t10-/m0/s1. The van der Waals surface area contributed by atoms with Crippen LogP contribution in [0.3, 0.4) is 0 Å². The lowest BCUT2D eigenvalue weighted by molar-refractivity contribution is -0.146. The summed E-state index contributed by atoms with van der Waals surface area (Å²) in [6.07, 6.45) is -5.48. The molecule has 1 atom stereocenters. The zero-order chi connectivity index (χ0) is 19.8. The average Bonchev–Trinajstić information content (AvgIpc) is 2.93. The molecule has 9 heteroatoms. The van der Waals surface area contributed by atoms with Crippen LogP contribution in [-0.2, 0) is 18.0 Å². The molecular formula is C18H15F4N3O2. The molecule has 1 amide bonds. The second-order valence-corrected chi connectivity index (χ2v) is 5.90. The van der Waals surface area contributed by atoms with E-state index >= 15 is 0 Å². The van der Waals surface area contributed by atoms with Gasteiger partial charge in [-0.3, -0.25) is 4.79 Å². The monoisotopic (exact) mass is 381 g/mol. The van der Waals surface area contributed by atoms with Crippen molar-refractivity contribution in [3.8, 4) is 5.75 Å². The van der Waals surface area contributed by atoms with E-state index in [1.54, 1.807) is 0 Å². The number of anilines is 1. The Morgan fingerprint density at radius 3 is 2.48 bits per heavy atom. The maximum Gasteiger partial charge on any atom is 0.449 e. The lowest BCUT2D eigenvalue weighted by atomic mass is 10.2. The van der Waals surface area contributed by atoms with Crippen molar-refractivity contribution in [3.63, 3.8) is 0 Å². The molecule has 0 saturated carbocycles. The number of carbonyl (C=O) groups excluding carboxylic acids is 1. The fraction of sp³-hybridized carbons (Fsp3) is 0.222. The van der Waals surface area contributed by atoms with Crippen LogP contribution in [0.4, 0.5) is 23.2 Å². The third kappa shape index (κ3) is 4.02. The lowest BCUT2D eigenvalue weighted by Crippen LogP contribution is -2.30. The van der Waals surface area contributed by atoms with Crippen molar-refractivity contribution >= 4 is 22.6 Å². The van der Waals surface area contributed by atoms with E-state index < -0.39 is 29.8 Å². The molecule has 0 spiro atoms. The number of ether oxygens (including phenoxy) is 1. The van der Waals surface area contributed by atoms with Crippen molar-refractivity contribution in [1.29, 1.82) is 0 Å². The molecule has 0 aliphatic rings. The molecule has 1 heterocycles. The Kier molecular flexibility index (Phi) is 4.77. The first-order valence-corrected chi connectivity index (χ1v) is 7.92. The van der Waals surface area contributed by atoms with Crippen molar-refractivity contribution < 1.29 is 27.1 Å². The number of nitrogens with zero attached hydrogens (tertiary/aromatic N) is 2. The van der Waals surface area contributed by atoms with Crippen molar-refractivity contribution in [3.05, 3.63) is 54.1 Å². The van der Waals surface area contributed by atoms with Gasteiger partial charge in [0.1, 0.15) is 11.6 Å². The molecule has 1 aromatic heterocycles. The van der Waals surface area contributed by atoms with E-state index in [4.69, 9.17) is 4.74 Å². The third-order valence-electron chi connectivity index (χ3n) is 3.90. The molecule has 5 nitrogen and oxygen atoms in total. The fourth-order valence-electron chi connectivity index (χ4n) is 2.55. The van der Waals surface area contributed by atoms with Crippen molar-refractivity contribution in [2.24, 2.45) is 7.05 Å². The van der Waals surface area contributed by atoms with Crippen LogP contribution in [0.1, 0.15) is 12.7 Å². The van der Waals surface area contributed by atoms with Gasteiger partial charge in [0.25, 0.3) is 5.91 Å². The summed E-state index contributed by atoms with van der Waals surface area (Å²) in [7, 11) is 1.27. The highest BCUT2D eigenvalue weighted by Gasteiger charge is 2.36. The number of hydrogen-bond acceptors (Lipinski definition) is 3. The largest absolute Gasteiger partial charge is 0.481 e. The zero-order valence-corrected chi connectivity index (χ0v) is 14.3. The summed E-state index contributed by atoms with van der Waals surface area (Å²) in [5.41, 5.74) is 0.680. The summed E-state index contributed by atoms with van der Waals surface area (Å²) < 4.78 is 58.1. The smallest absolute Gasteiger partial charge is 0.449 e. The van der Waals surface area contributed by atoms with Gasteiger partial charge in [-0.2, -0.15) is 13.2 Å². The number of imidazole rings is 1. The number of rotatable bonds is 4. The Morgan fingerprint density at radius 2 is 1.85 bits per heavy atom. The molecule has 0 unspecified atom stereocenters. The summed E-state index contributed by atoms with van der Waals surface area (Å²) in [4.78, 5) is 15.8. The van der Waals surface area contributed by atoms with Gasteiger partial charge in [0.2, 0.25) is 5.82 Å². The van der Waals surface area contributed by atoms with Gasteiger partial charge in [-0.25, -0.2) is 9.37 Å².